The van der Waals surface area contributed by atoms with Gasteiger partial charge in [-0.15, -0.1) is 11.8 Å². The van der Waals surface area contributed by atoms with Gasteiger partial charge in [-0.2, -0.15) is 0 Å². The van der Waals surface area contributed by atoms with Crippen LogP contribution in [0.15, 0.2) is 40.3 Å². The van der Waals surface area contributed by atoms with Crippen molar-refractivity contribution in [2.24, 2.45) is 0 Å². The number of carbonyl (C=O) groups is 2. The fourth-order valence-corrected chi connectivity index (χ4v) is 4.72. The van der Waals surface area contributed by atoms with E-state index >= 15 is 0 Å². The number of aryl methyl sites for hydroxylation is 1. The Balaban J connectivity index is 1.71. The molecule has 4 nitrogen and oxygen atoms in total. The first-order valence-corrected chi connectivity index (χ1v) is 11.7. The van der Waals surface area contributed by atoms with Gasteiger partial charge in [0.05, 0.1) is 13.2 Å². The Morgan fingerprint density at radius 3 is 2.66 bits per heavy atom. The third-order valence-electron chi connectivity index (χ3n) is 5.51. The van der Waals surface area contributed by atoms with Gasteiger partial charge < -0.3 is 9.84 Å². The van der Waals surface area contributed by atoms with Gasteiger partial charge in [0.2, 0.25) is 0 Å². The van der Waals surface area contributed by atoms with Crippen LogP contribution in [0, 0.1) is 6.92 Å². The van der Waals surface area contributed by atoms with Gasteiger partial charge in [0.25, 0.3) is 0 Å². The van der Waals surface area contributed by atoms with E-state index in [0.717, 1.165) is 50.5 Å². The van der Waals surface area contributed by atoms with Gasteiger partial charge in [-0.05, 0) is 62.7 Å². The van der Waals surface area contributed by atoms with E-state index in [1.165, 1.54) is 23.1 Å². The lowest BCUT2D eigenvalue weighted by atomic mass is 9.99. The molecule has 1 N–H and O–H groups in total. The predicted octanol–water partition coefficient (Wildman–Crippen LogP) is 5.40. The van der Waals surface area contributed by atoms with Gasteiger partial charge in [0.15, 0.2) is 5.78 Å². The molecule has 2 rings (SSSR count). The van der Waals surface area contributed by atoms with Gasteiger partial charge in [0.1, 0.15) is 0 Å². The number of rotatable bonds is 13. The van der Waals surface area contributed by atoms with Gasteiger partial charge in [-0.1, -0.05) is 36.6 Å². The topological polar surface area (TPSA) is 63.6 Å². The lowest BCUT2D eigenvalue weighted by Gasteiger charge is -2.13. The second-order valence-corrected chi connectivity index (χ2v) is 8.83. The minimum Gasteiger partial charge on any atom is -0.469 e. The van der Waals surface area contributed by atoms with Gasteiger partial charge in [0, 0.05) is 23.5 Å². The van der Waals surface area contributed by atoms with Gasteiger partial charge >= 0.3 is 5.97 Å². The highest BCUT2D eigenvalue weighted by Crippen LogP contribution is 2.31. The summed E-state index contributed by atoms with van der Waals surface area (Å²) in [6.45, 7) is 2.09. The summed E-state index contributed by atoms with van der Waals surface area (Å²) in [4.78, 5) is 24.6. The van der Waals surface area contributed by atoms with E-state index in [2.05, 4.69) is 23.8 Å². The summed E-state index contributed by atoms with van der Waals surface area (Å²) in [5, 5.41) is 10.4. The van der Waals surface area contributed by atoms with E-state index in [9.17, 15) is 14.7 Å². The summed E-state index contributed by atoms with van der Waals surface area (Å²) in [5.41, 5.74) is 3.50. The molecule has 0 radical (unpaired) electrons. The minimum absolute atomic E-state index is 0.153. The zero-order valence-electron chi connectivity index (χ0n) is 17.7. The van der Waals surface area contributed by atoms with Crippen LogP contribution in [-0.4, -0.2) is 35.8 Å². The monoisotopic (exact) mass is 418 g/mol. The number of carbonyl (C=O) groups excluding carboxylic acids is 2. The Morgan fingerprint density at radius 2 is 1.90 bits per heavy atom. The number of methoxy groups -OCH3 is 1. The van der Waals surface area contributed by atoms with Crippen LogP contribution in [0.2, 0.25) is 0 Å². The molecule has 1 unspecified atom stereocenters. The number of Topliss-reactive ketones (excluding diaryl/α,β-unsaturated/α-hetero) is 1. The third-order valence-corrected chi connectivity index (χ3v) is 6.83. The molecule has 1 aliphatic carbocycles. The fourth-order valence-electron chi connectivity index (χ4n) is 3.71. The van der Waals surface area contributed by atoms with Crippen molar-refractivity contribution in [1.29, 1.82) is 0 Å². The van der Waals surface area contributed by atoms with Crippen LogP contribution >= 0.6 is 11.8 Å². The SMILES string of the molecule is COC(=O)CCCCCCC1=C(CCC(O)CSc2ccccc2C)CCC1=O. The number of aliphatic hydroxyl groups excluding tert-OH is 1. The normalized spacial score (nSPS) is 15.1. The lowest BCUT2D eigenvalue weighted by Crippen LogP contribution is -2.10. The van der Waals surface area contributed by atoms with Crippen molar-refractivity contribution >= 4 is 23.5 Å². The van der Waals surface area contributed by atoms with Crippen LogP contribution in [0.5, 0.6) is 0 Å². The van der Waals surface area contributed by atoms with Crippen molar-refractivity contribution in [3.8, 4) is 0 Å². The minimum atomic E-state index is -0.359. The summed E-state index contributed by atoms with van der Waals surface area (Å²) in [7, 11) is 1.42. The lowest BCUT2D eigenvalue weighted by molar-refractivity contribution is -0.140. The average molecular weight is 419 g/mol. The number of benzene rings is 1. The highest BCUT2D eigenvalue weighted by molar-refractivity contribution is 7.99. The molecule has 5 heteroatoms. The smallest absolute Gasteiger partial charge is 0.305 e. The molecule has 1 atom stereocenters. The van der Waals surface area contributed by atoms with E-state index in [1.54, 1.807) is 11.8 Å². The van der Waals surface area contributed by atoms with Gasteiger partial charge in [-0.25, -0.2) is 0 Å². The Morgan fingerprint density at radius 1 is 1.14 bits per heavy atom. The van der Waals surface area contributed by atoms with Crippen LogP contribution in [0.25, 0.3) is 0 Å². The summed E-state index contributed by atoms with van der Waals surface area (Å²) < 4.78 is 4.65. The van der Waals surface area contributed by atoms with E-state index in [0.29, 0.717) is 30.8 Å². The van der Waals surface area contributed by atoms with E-state index in [-0.39, 0.29) is 12.1 Å². The van der Waals surface area contributed by atoms with E-state index < -0.39 is 0 Å². The first kappa shape index (κ1) is 23.7. The number of unbranched alkanes of at least 4 members (excludes halogenated alkanes) is 3. The molecular weight excluding hydrogens is 384 g/mol. The molecule has 0 aliphatic heterocycles. The highest BCUT2D eigenvalue weighted by Gasteiger charge is 2.22. The van der Waals surface area contributed by atoms with Crippen LogP contribution < -0.4 is 0 Å². The summed E-state index contributed by atoms with van der Waals surface area (Å²) in [6, 6.07) is 8.23. The molecule has 1 aromatic carbocycles. The Labute approximate surface area is 179 Å². The largest absolute Gasteiger partial charge is 0.469 e. The molecule has 1 aliphatic rings. The fraction of sp³-hybridized carbons (Fsp3) is 0.583. The molecular formula is C24H34O4S. The number of thioether (sulfide) groups is 1. The molecule has 0 saturated carbocycles. The maximum absolute atomic E-state index is 12.2. The molecule has 0 spiro atoms. The third kappa shape index (κ3) is 8.35. The summed E-state index contributed by atoms with van der Waals surface area (Å²) in [6.07, 6.45) is 7.80. The molecule has 29 heavy (non-hydrogen) atoms. The maximum atomic E-state index is 12.2. The summed E-state index contributed by atoms with van der Waals surface area (Å²) in [5.74, 6) is 0.820. The molecule has 0 saturated heterocycles. The van der Waals surface area contributed by atoms with Crippen molar-refractivity contribution in [2.45, 2.75) is 82.1 Å². The highest BCUT2D eigenvalue weighted by atomic mass is 32.2. The second-order valence-electron chi connectivity index (χ2n) is 7.76. The maximum Gasteiger partial charge on any atom is 0.305 e. The number of ketones is 1. The van der Waals surface area contributed by atoms with Crippen molar-refractivity contribution in [1.82, 2.24) is 0 Å². The second kappa shape index (κ2) is 12.9. The molecule has 0 fully saturated rings. The number of esters is 1. The Kier molecular flexibility index (Phi) is 10.5. The standard InChI is InChI=1S/C24H34O4S/c1-18-9-7-8-11-23(18)29-17-20(25)15-13-19-14-16-22(26)21(19)10-5-3-4-6-12-24(27)28-2/h7-9,11,20,25H,3-6,10,12-17H2,1-2H3. The number of hydrogen-bond acceptors (Lipinski definition) is 5. The van der Waals surface area contributed by atoms with Crippen molar-refractivity contribution in [3.05, 3.63) is 41.0 Å². The Bertz CT molecular complexity index is 711. The predicted molar refractivity (Wildman–Crippen MR) is 118 cm³/mol. The molecule has 0 heterocycles. The molecule has 0 aromatic heterocycles. The number of ether oxygens (including phenoxy) is 1. The average Bonchev–Trinajstić information content (AvgIpc) is 3.07. The zero-order valence-corrected chi connectivity index (χ0v) is 18.6. The van der Waals surface area contributed by atoms with Crippen LogP contribution in [-0.2, 0) is 14.3 Å². The van der Waals surface area contributed by atoms with Crippen LogP contribution in [0.3, 0.4) is 0 Å². The van der Waals surface area contributed by atoms with E-state index in [1.807, 2.05) is 12.1 Å². The van der Waals surface area contributed by atoms with Crippen molar-refractivity contribution in [2.75, 3.05) is 12.9 Å². The first-order chi connectivity index (χ1) is 14.0. The quantitative estimate of drug-likeness (QED) is 0.264. The molecule has 1 aromatic rings. The number of allylic oxidation sites excluding steroid dienone is 2. The Hall–Kier alpha value is -1.59. The van der Waals surface area contributed by atoms with Crippen molar-refractivity contribution in [3.63, 3.8) is 0 Å². The summed E-state index contributed by atoms with van der Waals surface area (Å²) >= 11 is 1.70. The molecule has 160 valence electrons. The van der Waals surface area contributed by atoms with E-state index in [4.69, 9.17) is 0 Å². The number of aliphatic hydroxyl groups is 1. The molecule has 0 amide bonds. The van der Waals surface area contributed by atoms with Crippen LogP contribution in [0.1, 0.15) is 69.8 Å². The van der Waals surface area contributed by atoms with Gasteiger partial charge in [-0.3, -0.25) is 9.59 Å². The van der Waals surface area contributed by atoms with Crippen molar-refractivity contribution < 1.29 is 19.4 Å². The molecule has 0 bridgehead atoms. The zero-order chi connectivity index (χ0) is 21.1. The number of hydrogen-bond donors (Lipinski definition) is 1. The van der Waals surface area contributed by atoms with Crippen LogP contribution in [0.4, 0.5) is 0 Å². The first-order valence-electron chi connectivity index (χ1n) is 10.7.